The topological polar surface area (TPSA) is 75.9 Å². The first-order chi connectivity index (χ1) is 10.8. The normalized spacial score (nSPS) is 17.9. The van der Waals surface area contributed by atoms with E-state index in [1.807, 2.05) is 30.3 Å². The van der Waals surface area contributed by atoms with Gasteiger partial charge in [-0.2, -0.15) is 0 Å². The van der Waals surface area contributed by atoms with Crippen molar-refractivity contribution in [2.75, 3.05) is 0 Å². The second kappa shape index (κ2) is 6.69. The fraction of sp³-hybridized carbons (Fsp3) is 0.353. The number of benzene rings is 1. The quantitative estimate of drug-likeness (QED) is 0.847. The molecule has 1 aliphatic heterocycles. The van der Waals surface area contributed by atoms with Gasteiger partial charge in [0.25, 0.3) is 0 Å². The van der Waals surface area contributed by atoms with Gasteiger partial charge in [0, 0.05) is 18.9 Å². The summed E-state index contributed by atoms with van der Waals surface area (Å²) in [6.07, 6.45) is 1.72. The van der Waals surface area contributed by atoms with Crippen LogP contribution in [0.5, 0.6) is 0 Å². The molecule has 2 rings (SSSR count). The predicted molar refractivity (Wildman–Crippen MR) is 86.4 cm³/mol. The highest BCUT2D eigenvalue weighted by Crippen LogP contribution is 2.21. The zero-order valence-electron chi connectivity index (χ0n) is 13.5. The molecule has 0 bridgehead atoms. The van der Waals surface area contributed by atoms with Gasteiger partial charge in [-0.05, 0) is 26.3 Å². The summed E-state index contributed by atoms with van der Waals surface area (Å²) in [5.41, 5.74) is 6.51. The molecule has 0 aromatic heterocycles. The molecule has 1 heterocycles. The van der Waals surface area contributed by atoms with E-state index in [0.29, 0.717) is 6.54 Å². The molecule has 0 spiro atoms. The van der Waals surface area contributed by atoms with Crippen LogP contribution in [-0.4, -0.2) is 33.6 Å². The van der Waals surface area contributed by atoms with E-state index in [1.54, 1.807) is 37.8 Å². The van der Waals surface area contributed by atoms with Gasteiger partial charge in [0.05, 0.1) is 0 Å². The van der Waals surface area contributed by atoms with Crippen LogP contribution in [0.25, 0.3) is 0 Å². The number of carbonyl (C=O) groups is 1. The zero-order chi connectivity index (χ0) is 17.0. The van der Waals surface area contributed by atoms with Crippen LogP contribution in [0.4, 0.5) is 4.79 Å². The van der Waals surface area contributed by atoms with Crippen molar-refractivity contribution in [1.82, 2.24) is 9.80 Å². The molecule has 1 unspecified atom stereocenters. The van der Waals surface area contributed by atoms with Crippen LogP contribution in [-0.2, 0) is 16.1 Å². The van der Waals surface area contributed by atoms with Crippen molar-refractivity contribution in [1.29, 1.82) is 0 Å². The molecule has 1 aliphatic rings. The molecular weight excluding hydrogens is 294 g/mol. The van der Waals surface area contributed by atoms with Gasteiger partial charge in [-0.15, -0.1) is 0 Å². The number of hydrogen-bond donors (Lipinski definition) is 1. The Labute approximate surface area is 135 Å². The maximum atomic E-state index is 12.2. The lowest BCUT2D eigenvalue weighted by atomic mass is 10.2. The molecule has 0 fully saturated rings. The van der Waals surface area contributed by atoms with Gasteiger partial charge in [0.2, 0.25) is 0 Å². The predicted octanol–water partition coefficient (Wildman–Crippen LogP) is 2.21. The summed E-state index contributed by atoms with van der Waals surface area (Å²) in [5.74, 6) is 1.76. The number of nitrogens with zero attached hydrogens (tertiary/aromatic N) is 2. The number of hydrogen-bond acceptors (Lipinski definition) is 5. The van der Waals surface area contributed by atoms with Gasteiger partial charge >= 0.3 is 6.09 Å². The third kappa shape index (κ3) is 4.22. The van der Waals surface area contributed by atoms with Gasteiger partial charge in [-0.3, -0.25) is 0 Å². The second-order valence-corrected chi connectivity index (χ2v) is 6.24. The third-order valence-corrected chi connectivity index (χ3v) is 3.21. The van der Waals surface area contributed by atoms with Gasteiger partial charge in [0.1, 0.15) is 23.4 Å². The zero-order valence-corrected chi connectivity index (χ0v) is 13.5. The summed E-state index contributed by atoms with van der Waals surface area (Å²) in [7, 11) is 0. The second-order valence-electron chi connectivity index (χ2n) is 6.24. The van der Waals surface area contributed by atoms with Gasteiger partial charge in [0.15, 0.2) is 0 Å². The van der Waals surface area contributed by atoms with Crippen molar-refractivity contribution in [2.45, 2.75) is 39.1 Å². The minimum atomic E-state index is -0.773. The van der Waals surface area contributed by atoms with E-state index in [9.17, 15) is 9.59 Å². The molecule has 1 aromatic carbocycles. The van der Waals surface area contributed by atoms with Crippen LogP contribution >= 0.6 is 0 Å². The third-order valence-electron chi connectivity index (χ3n) is 3.21. The average Bonchev–Trinajstić information content (AvgIpc) is 2.48. The van der Waals surface area contributed by atoms with Crippen LogP contribution in [0.1, 0.15) is 26.3 Å². The SMILES string of the molecule is CC(C)(C)OC(=O)N1C=CN(Cc2ccccc2)C(N)C1=C=O. The molecule has 2 N–H and O–H groups in total. The molecule has 6 nitrogen and oxygen atoms in total. The number of amides is 1. The summed E-state index contributed by atoms with van der Waals surface area (Å²) in [4.78, 5) is 26.3. The number of nitrogens with two attached hydrogens (primary N) is 1. The first kappa shape index (κ1) is 16.8. The number of ether oxygens (including phenoxy) is 1. The van der Waals surface area contributed by atoms with Crippen LogP contribution in [0.2, 0.25) is 0 Å². The molecule has 0 saturated carbocycles. The molecule has 6 heteroatoms. The highest BCUT2D eigenvalue weighted by Gasteiger charge is 2.32. The van der Waals surface area contributed by atoms with Crippen molar-refractivity contribution in [3.63, 3.8) is 0 Å². The lowest BCUT2D eigenvalue weighted by Crippen LogP contribution is -2.49. The first-order valence-electron chi connectivity index (χ1n) is 7.32. The van der Waals surface area contributed by atoms with E-state index in [1.165, 1.54) is 6.20 Å². The summed E-state index contributed by atoms with van der Waals surface area (Å²) in [6.45, 7) is 5.78. The van der Waals surface area contributed by atoms with Crippen molar-refractivity contribution in [3.05, 3.63) is 54.0 Å². The largest absolute Gasteiger partial charge is 0.443 e. The van der Waals surface area contributed by atoms with Crippen molar-refractivity contribution in [3.8, 4) is 0 Å². The monoisotopic (exact) mass is 315 g/mol. The maximum absolute atomic E-state index is 12.2. The molecule has 1 amide bonds. The highest BCUT2D eigenvalue weighted by molar-refractivity contribution is 5.76. The molecular formula is C17H21N3O3. The number of rotatable bonds is 2. The highest BCUT2D eigenvalue weighted by atomic mass is 16.6. The molecule has 1 atom stereocenters. The van der Waals surface area contributed by atoms with E-state index in [2.05, 4.69) is 0 Å². The van der Waals surface area contributed by atoms with Crippen LogP contribution < -0.4 is 5.73 Å². The summed E-state index contributed by atoms with van der Waals surface area (Å²) in [5, 5.41) is 0. The minimum Gasteiger partial charge on any atom is -0.443 e. The van der Waals surface area contributed by atoms with E-state index in [4.69, 9.17) is 10.5 Å². The van der Waals surface area contributed by atoms with Crippen LogP contribution in [0, 0.1) is 0 Å². The van der Waals surface area contributed by atoms with Crippen LogP contribution in [0.3, 0.4) is 0 Å². The fourth-order valence-corrected chi connectivity index (χ4v) is 2.15. The van der Waals surface area contributed by atoms with Gasteiger partial charge in [-0.1, -0.05) is 30.3 Å². The van der Waals surface area contributed by atoms with Crippen molar-refractivity contribution in [2.24, 2.45) is 5.73 Å². The van der Waals surface area contributed by atoms with E-state index in [0.717, 1.165) is 10.5 Å². The Morgan fingerprint density at radius 2 is 1.91 bits per heavy atom. The summed E-state index contributed by atoms with van der Waals surface area (Å²) >= 11 is 0. The molecule has 0 saturated heterocycles. The Kier molecular flexibility index (Phi) is 4.89. The molecule has 0 aliphatic carbocycles. The van der Waals surface area contributed by atoms with E-state index in [-0.39, 0.29) is 5.70 Å². The lowest BCUT2D eigenvalue weighted by molar-refractivity contribution is 0.0344. The van der Waals surface area contributed by atoms with Crippen LogP contribution in [0.15, 0.2) is 48.4 Å². The lowest BCUT2D eigenvalue weighted by Gasteiger charge is -2.36. The first-order valence-corrected chi connectivity index (χ1v) is 7.32. The minimum absolute atomic E-state index is 0.0256. The Hall–Kier alpha value is -2.56. The van der Waals surface area contributed by atoms with Gasteiger partial charge < -0.3 is 15.4 Å². The molecule has 0 radical (unpaired) electrons. The molecule has 122 valence electrons. The Balaban J connectivity index is 2.19. The van der Waals surface area contributed by atoms with Gasteiger partial charge in [-0.25, -0.2) is 14.5 Å². The van der Waals surface area contributed by atoms with Crippen molar-refractivity contribution >= 4 is 12.0 Å². The van der Waals surface area contributed by atoms with Crippen molar-refractivity contribution < 1.29 is 14.3 Å². The Morgan fingerprint density at radius 3 is 2.48 bits per heavy atom. The molecule has 1 aromatic rings. The summed E-state index contributed by atoms with van der Waals surface area (Å²) < 4.78 is 5.27. The Bertz CT molecular complexity index is 643. The summed E-state index contributed by atoms with van der Waals surface area (Å²) in [6, 6.07) is 9.71. The standard InChI is InChI=1S/C17H21N3O3/c1-17(2,3)23-16(22)20-10-9-19(15(18)14(20)12-21)11-13-7-5-4-6-8-13/h4-10,15H,11,18H2,1-3H3. The smallest absolute Gasteiger partial charge is 0.419 e. The van der Waals surface area contributed by atoms with E-state index >= 15 is 0 Å². The molecule has 23 heavy (non-hydrogen) atoms. The number of carbonyl (C=O) groups excluding carboxylic acids is 2. The average molecular weight is 315 g/mol. The van der Waals surface area contributed by atoms with E-state index < -0.39 is 17.9 Å². The maximum Gasteiger partial charge on any atom is 0.419 e. The Morgan fingerprint density at radius 1 is 1.26 bits per heavy atom. The fourth-order valence-electron chi connectivity index (χ4n) is 2.15.